The highest BCUT2D eigenvalue weighted by Gasteiger charge is 2.24. The van der Waals surface area contributed by atoms with Gasteiger partial charge < -0.3 is 9.46 Å². The molecule has 0 fully saturated rings. The van der Waals surface area contributed by atoms with Crippen LogP contribution in [0, 0.1) is 0 Å². The highest BCUT2D eigenvalue weighted by atomic mass is 35.5. The average molecular weight is 639 g/mol. The van der Waals surface area contributed by atoms with E-state index in [1.54, 1.807) is 40.9 Å². The van der Waals surface area contributed by atoms with Gasteiger partial charge in [-0.25, -0.2) is 19.9 Å². The zero-order valence-electron chi connectivity index (χ0n) is 18.6. The summed E-state index contributed by atoms with van der Waals surface area (Å²) in [6.07, 6.45) is 0. The molecule has 1 aliphatic rings. The fraction of sp³-hybridized carbons (Fsp3) is 0. The van der Waals surface area contributed by atoms with Gasteiger partial charge in [-0.1, -0.05) is 69.6 Å². The van der Waals surface area contributed by atoms with E-state index >= 15 is 0 Å². The Balaban J connectivity index is 1.80. The van der Waals surface area contributed by atoms with Gasteiger partial charge in [0, 0.05) is 32.7 Å². The molecule has 6 aromatic rings. The van der Waals surface area contributed by atoms with E-state index in [0.29, 0.717) is 97.0 Å². The SMILES string of the molecule is ClBn1c2nc3nc(nc4[nH]c(nc1c1cc(Cl)c(Cl)cc12)c1cc(Cl)c(Cl)cc41)-c1cc(Cl)c(Cl)cc1-3. The largest absolute Gasteiger partial charge is 0.350 e. The van der Waals surface area contributed by atoms with Crippen LogP contribution in [-0.2, 0) is 0 Å². The summed E-state index contributed by atoms with van der Waals surface area (Å²) < 4.78 is 1.75. The van der Waals surface area contributed by atoms with E-state index in [9.17, 15) is 0 Å². The first-order valence-corrected chi connectivity index (χ1v) is 13.7. The maximum atomic E-state index is 6.49. The zero-order chi connectivity index (χ0) is 26.5. The topological polar surface area (TPSA) is 72.3 Å². The van der Waals surface area contributed by atoms with Crippen LogP contribution >= 0.6 is 81.1 Å². The van der Waals surface area contributed by atoms with E-state index in [1.807, 2.05) is 0 Å². The molecule has 3 aromatic heterocycles. The lowest BCUT2D eigenvalue weighted by atomic mass is 10.1. The number of halogens is 7. The molecule has 6 bridgehead atoms. The van der Waals surface area contributed by atoms with Gasteiger partial charge in [-0.2, -0.15) is 11.5 Å². The summed E-state index contributed by atoms with van der Waals surface area (Å²) in [5.74, 6) is 0.756. The lowest BCUT2D eigenvalue weighted by Crippen LogP contribution is -2.01. The van der Waals surface area contributed by atoms with E-state index < -0.39 is 0 Å². The van der Waals surface area contributed by atoms with Gasteiger partial charge >= 0.3 is 6.83 Å². The maximum absolute atomic E-state index is 6.49. The first kappa shape index (κ1) is 24.8. The molecule has 186 valence electrons. The molecule has 0 amide bonds. The number of fused-ring (bicyclic) bond motifs is 15. The third kappa shape index (κ3) is 3.64. The molecule has 0 aliphatic carbocycles. The van der Waals surface area contributed by atoms with Gasteiger partial charge in [-0.15, -0.1) is 0 Å². The van der Waals surface area contributed by atoms with Crippen molar-refractivity contribution in [3.63, 3.8) is 0 Å². The van der Waals surface area contributed by atoms with Gasteiger partial charge in [0.05, 0.1) is 30.1 Å². The summed E-state index contributed by atoms with van der Waals surface area (Å²) in [6, 6.07) is 10.4. The summed E-state index contributed by atoms with van der Waals surface area (Å²) in [7, 11) is 0. The first-order chi connectivity index (χ1) is 18.2. The van der Waals surface area contributed by atoms with Crippen molar-refractivity contribution < 1.29 is 0 Å². The van der Waals surface area contributed by atoms with Crippen molar-refractivity contribution in [1.82, 2.24) is 29.4 Å². The Labute approximate surface area is 249 Å². The molecular formula is C24H8BCl7N6. The number of benzene rings is 3. The lowest BCUT2D eigenvalue weighted by Gasteiger charge is -2.02. The van der Waals surface area contributed by atoms with Gasteiger partial charge in [0.15, 0.2) is 11.6 Å². The third-order valence-corrected chi connectivity index (χ3v) is 8.79. The minimum atomic E-state index is 0.0299. The van der Waals surface area contributed by atoms with Crippen molar-refractivity contribution >= 4 is 132 Å². The van der Waals surface area contributed by atoms with E-state index in [2.05, 4.69) is 4.98 Å². The smallest absolute Gasteiger partial charge is 0.342 e. The Kier molecular flexibility index (Phi) is 5.80. The van der Waals surface area contributed by atoms with Crippen LogP contribution in [0.5, 0.6) is 0 Å². The van der Waals surface area contributed by atoms with Gasteiger partial charge in [0.25, 0.3) is 0 Å². The van der Waals surface area contributed by atoms with Crippen LogP contribution in [0.15, 0.2) is 36.4 Å². The summed E-state index contributed by atoms with van der Waals surface area (Å²) in [5.41, 5.74) is 3.27. The number of nitrogens with zero attached hydrogens (tertiary/aromatic N) is 5. The molecule has 0 radical (unpaired) electrons. The lowest BCUT2D eigenvalue weighted by molar-refractivity contribution is 1.18. The second-order valence-corrected chi connectivity index (χ2v) is 11.2. The molecule has 0 spiro atoms. The van der Waals surface area contributed by atoms with E-state index in [1.165, 1.54) is 0 Å². The summed E-state index contributed by atoms with van der Waals surface area (Å²) in [6.45, 7) is 0.0299. The molecule has 0 saturated carbocycles. The monoisotopic (exact) mass is 636 g/mol. The molecule has 0 saturated heterocycles. The molecule has 38 heavy (non-hydrogen) atoms. The normalized spacial score (nSPS) is 12.1. The van der Waals surface area contributed by atoms with Gasteiger partial charge in [-0.3, -0.25) is 0 Å². The number of aromatic amines is 1. The fourth-order valence-corrected chi connectivity index (χ4v) is 5.85. The molecule has 4 heterocycles. The minimum Gasteiger partial charge on any atom is -0.342 e. The van der Waals surface area contributed by atoms with Crippen molar-refractivity contribution in [2.45, 2.75) is 0 Å². The second-order valence-electron chi connectivity index (χ2n) is 8.55. The van der Waals surface area contributed by atoms with Crippen LogP contribution in [0.1, 0.15) is 0 Å². The molecule has 1 aliphatic heterocycles. The predicted octanol–water partition coefficient (Wildman–Crippen LogP) is 9.05. The van der Waals surface area contributed by atoms with Crippen LogP contribution in [-0.4, -0.2) is 36.2 Å². The van der Waals surface area contributed by atoms with E-state index in [4.69, 9.17) is 101 Å². The van der Waals surface area contributed by atoms with Crippen LogP contribution in [0.25, 0.3) is 66.9 Å². The number of rotatable bonds is 1. The van der Waals surface area contributed by atoms with Crippen molar-refractivity contribution in [3.8, 4) is 22.8 Å². The average Bonchev–Trinajstić information content (AvgIpc) is 3.46. The summed E-state index contributed by atoms with van der Waals surface area (Å²) in [5, 5.41) is 4.95. The number of H-pyrrole nitrogens is 1. The molecular weight excluding hydrogens is 631 g/mol. The first-order valence-electron chi connectivity index (χ1n) is 10.9. The quantitative estimate of drug-likeness (QED) is 0.182. The number of hydrogen-bond acceptors (Lipinski definition) is 4. The van der Waals surface area contributed by atoms with Crippen LogP contribution in [0.4, 0.5) is 0 Å². The van der Waals surface area contributed by atoms with Gasteiger partial charge in [-0.05, 0) is 36.4 Å². The Morgan fingerprint density at radius 1 is 0.526 bits per heavy atom. The highest BCUT2D eigenvalue weighted by Crippen LogP contribution is 2.41. The Morgan fingerprint density at radius 3 is 1.47 bits per heavy atom. The summed E-state index contributed by atoms with van der Waals surface area (Å²) in [4.78, 5) is 22.8. The predicted molar refractivity (Wildman–Crippen MR) is 161 cm³/mol. The third-order valence-electron chi connectivity index (χ3n) is 6.38. The number of nitrogens with one attached hydrogen (secondary N) is 1. The van der Waals surface area contributed by atoms with Crippen molar-refractivity contribution in [2.24, 2.45) is 0 Å². The molecule has 0 unspecified atom stereocenters. The maximum Gasteiger partial charge on any atom is 0.350 e. The summed E-state index contributed by atoms with van der Waals surface area (Å²) >= 11 is 44.9. The molecule has 7 rings (SSSR count). The van der Waals surface area contributed by atoms with Crippen molar-refractivity contribution in [3.05, 3.63) is 66.5 Å². The molecule has 1 N–H and O–H groups in total. The van der Waals surface area contributed by atoms with Crippen LogP contribution in [0.2, 0.25) is 30.1 Å². The van der Waals surface area contributed by atoms with E-state index in [-0.39, 0.29) is 6.83 Å². The Bertz CT molecular complexity index is 2100. The van der Waals surface area contributed by atoms with Crippen LogP contribution in [0.3, 0.4) is 0 Å². The second kappa shape index (κ2) is 8.90. The molecule has 6 nitrogen and oxygen atoms in total. The Morgan fingerprint density at radius 2 is 0.947 bits per heavy atom. The number of hydrogen-bond donors (Lipinski definition) is 1. The van der Waals surface area contributed by atoms with Crippen molar-refractivity contribution in [2.75, 3.05) is 0 Å². The van der Waals surface area contributed by atoms with Crippen LogP contribution < -0.4 is 0 Å². The number of aromatic nitrogens is 6. The van der Waals surface area contributed by atoms with Gasteiger partial charge in [0.1, 0.15) is 22.6 Å². The zero-order valence-corrected chi connectivity index (χ0v) is 23.8. The molecule has 0 atom stereocenters. The fourth-order valence-electron chi connectivity index (χ4n) is 4.64. The molecule has 14 heteroatoms. The highest BCUT2D eigenvalue weighted by molar-refractivity contribution is 6.93. The van der Waals surface area contributed by atoms with Crippen molar-refractivity contribution in [1.29, 1.82) is 0 Å². The minimum absolute atomic E-state index is 0.0299. The standard InChI is InChI=1S/C24H8BCl7N6/c26-13-1-7-9(3-15(13)28)21-34-19(7)33-20-8-2-14(27)16(29)4-10(8)22(35-20)37-24-12-6-18(31)17(30)5-11(12)23(36-21)38(24)25-32/h1-6,25H,(H,33,34,35,36,37). The Hall–Kier alpha value is -2.23. The molecule has 3 aromatic carbocycles. The van der Waals surface area contributed by atoms with Gasteiger partial charge in [0.2, 0.25) is 0 Å². The van der Waals surface area contributed by atoms with E-state index in [0.717, 1.165) is 0 Å².